The molecule has 0 aliphatic carbocycles. The smallest absolute Gasteiger partial charge is 0.0646 e. The second kappa shape index (κ2) is 4.01. The van der Waals surface area contributed by atoms with Gasteiger partial charge >= 0.3 is 0 Å². The molecular formula is C11H19NO2. The lowest BCUT2D eigenvalue weighted by molar-refractivity contribution is 0.1000. The Labute approximate surface area is 85.4 Å². The van der Waals surface area contributed by atoms with Gasteiger partial charge in [0.15, 0.2) is 0 Å². The van der Waals surface area contributed by atoms with Gasteiger partial charge in [0.05, 0.1) is 13.2 Å². The molecule has 0 bridgehead atoms. The van der Waals surface area contributed by atoms with Gasteiger partial charge in [-0.25, -0.2) is 0 Å². The lowest BCUT2D eigenvalue weighted by atomic mass is 9.93. The Morgan fingerprint density at radius 3 is 3.14 bits per heavy atom. The lowest BCUT2D eigenvalue weighted by Gasteiger charge is -2.28. The van der Waals surface area contributed by atoms with Crippen molar-refractivity contribution in [3.05, 3.63) is 11.6 Å². The minimum atomic E-state index is 0.0829. The van der Waals surface area contributed by atoms with E-state index in [1.165, 1.54) is 12.0 Å². The fourth-order valence-electron chi connectivity index (χ4n) is 2.74. The second-order valence-electron chi connectivity index (χ2n) is 4.40. The summed E-state index contributed by atoms with van der Waals surface area (Å²) in [5, 5.41) is 9.47. The number of aliphatic hydroxyl groups excluding tert-OH is 1. The maximum atomic E-state index is 9.47. The van der Waals surface area contributed by atoms with Crippen molar-refractivity contribution in [1.29, 1.82) is 0 Å². The van der Waals surface area contributed by atoms with Gasteiger partial charge in [0.2, 0.25) is 0 Å². The SMILES string of the molecule is COC/C=C1\CN2CCCC2(CO)C1. The minimum absolute atomic E-state index is 0.0829. The zero-order chi connectivity index (χ0) is 10.0. The van der Waals surface area contributed by atoms with E-state index in [9.17, 15) is 5.11 Å². The van der Waals surface area contributed by atoms with Gasteiger partial charge in [-0.2, -0.15) is 0 Å². The highest BCUT2D eigenvalue weighted by atomic mass is 16.5. The van der Waals surface area contributed by atoms with E-state index in [2.05, 4.69) is 11.0 Å². The summed E-state index contributed by atoms with van der Waals surface area (Å²) in [5.74, 6) is 0. The zero-order valence-corrected chi connectivity index (χ0v) is 8.83. The van der Waals surface area contributed by atoms with Crippen molar-refractivity contribution >= 4 is 0 Å². The molecule has 80 valence electrons. The third-order valence-corrected chi connectivity index (χ3v) is 3.52. The molecule has 3 heteroatoms. The average molecular weight is 197 g/mol. The molecule has 1 atom stereocenters. The molecule has 2 heterocycles. The van der Waals surface area contributed by atoms with Gasteiger partial charge in [0.1, 0.15) is 0 Å². The molecule has 0 spiro atoms. The molecule has 1 unspecified atom stereocenters. The molecule has 3 nitrogen and oxygen atoms in total. The van der Waals surface area contributed by atoms with Gasteiger partial charge in [-0.15, -0.1) is 0 Å². The van der Waals surface area contributed by atoms with Gasteiger partial charge in [-0.05, 0) is 25.8 Å². The first-order chi connectivity index (χ1) is 6.80. The van der Waals surface area contributed by atoms with Crippen LogP contribution in [-0.2, 0) is 4.74 Å². The number of hydrogen-bond acceptors (Lipinski definition) is 3. The Bertz CT molecular complexity index is 239. The monoisotopic (exact) mass is 197 g/mol. The second-order valence-corrected chi connectivity index (χ2v) is 4.40. The summed E-state index contributed by atoms with van der Waals surface area (Å²) in [7, 11) is 1.72. The van der Waals surface area contributed by atoms with Crippen LogP contribution in [0.1, 0.15) is 19.3 Å². The van der Waals surface area contributed by atoms with Gasteiger partial charge in [-0.3, -0.25) is 4.90 Å². The number of methoxy groups -OCH3 is 1. The van der Waals surface area contributed by atoms with Crippen LogP contribution in [-0.4, -0.2) is 49.0 Å². The highest BCUT2D eigenvalue weighted by Crippen LogP contribution is 2.40. The van der Waals surface area contributed by atoms with Gasteiger partial charge < -0.3 is 9.84 Å². The molecule has 0 aromatic carbocycles. The summed E-state index contributed by atoms with van der Waals surface area (Å²) in [6, 6.07) is 0. The standard InChI is InChI=1S/C11H19NO2/c1-14-6-3-10-7-11(9-13)4-2-5-12(11)8-10/h3,13H,2,4-9H2,1H3/b10-3-. The first-order valence-corrected chi connectivity index (χ1v) is 5.33. The van der Waals surface area contributed by atoms with Crippen molar-refractivity contribution in [2.45, 2.75) is 24.8 Å². The predicted molar refractivity (Wildman–Crippen MR) is 55.2 cm³/mol. The van der Waals surface area contributed by atoms with Gasteiger partial charge in [0.25, 0.3) is 0 Å². The maximum Gasteiger partial charge on any atom is 0.0646 e. The Morgan fingerprint density at radius 2 is 2.50 bits per heavy atom. The molecule has 2 fully saturated rings. The third kappa shape index (κ3) is 1.60. The van der Waals surface area contributed by atoms with Gasteiger partial charge in [-0.1, -0.05) is 11.6 Å². The molecule has 2 rings (SSSR count). The summed E-state index contributed by atoms with van der Waals surface area (Å²) in [4.78, 5) is 2.43. The highest BCUT2D eigenvalue weighted by Gasteiger charge is 2.45. The van der Waals surface area contributed by atoms with Crippen molar-refractivity contribution < 1.29 is 9.84 Å². The molecule has 2 aliphatic heterocycles. The van der Waals surface area contributed by atoms with E-state index in [1.807, 2.05) is 0 Å². The van der Waals surface area contributed by atoms with Crippen LogP contribution in [0.5, 0.6) is 0 Å². The Morgan fingerprint density at radius 1 is 1.64 bits per heavy atom. The van der Waals surface area contributed by atoms with Crippen LogP contribution in [0.25, 0.3) is 0 Å². The predicted octanol–water partition coefficient (Wildman–Crippen LogP) is 0.790. The number of rotatable bonds is 3. The summed E-state index contributed by atoms with van der Waals surface area (Å²) < 4.78 is 5.04. The van der Waals surface area contributed by atoms with Crippen molar-refractivity contribution in [1.82, 2.24) is 4.90 Å². The largest absolute Gasteiger partial charge is 0.394 e. The third-order valence-electron chi connectivity index (χ3n) is 3.52. The Hall–Kier alpha value is -0.380. The first-order valence-electron chi connectivity index (χ1n) is 5.33. The van der Waals surface area contributed by atoms with Crippen molar-refractivity contribution in [2.75, 3.05) is 33.4 Å². The van der Waals surface area contributed by atoms with Gasteiger partial charge in [0, 0.05) is 19.2 Å². The van der Waals surface area contributed by atoms with E-state index < -0.39 is 0 Å². The topological polar surface area (TPSA) is 32.7 Å². The van der Waals surface area contributed by atoms with Crippen LogP contribution in [0.15, 0.2) is 11.6 Å². The van der Waals surface area contributed by atoms with Crippen molar-refractivity contribution in [2.24, 2.45) is 0 Å². The molecule has 0 amide bonds. The summed E-state index contributed by atoms with van der Waals surface area (Å²) in [6.07, 6.45) is 5.58. The molecule has 1 N–H and O–H groups in total. The lowest BCUT2D eigenvalue weighted by Crippen LogP contribution is -2.41. The highest BCUT2D eigenvalue weighted by molar-refractivity contribution is 5.20. The number of fused-ring (bicyclic) bond motifs is 1. The van der Waals surface area contributed by atoms with Crippen LogP contribution in [0.3, 0.4) is 0 Å². The summed E-state index contributed by atoms with van der Waals surface area (Å²) in [6.45, 7) is 3.18. The molecule has 2 aliphatic rings. The number of ether oxygens (including phenoxy) is 1. The molecule has 0 aromatic rings. The Kier molecular flexibility index (Phi) is 2.91. The van der Waals surface area contributed by atoms with E-state index in [0.29, 0.717) is 13.2 Å². The Balaban J connectivity index is 2.05. The quantitative estimate of drug-likeness (QED) is 0.679. The number of hydrogen-bond donors (Lipinski definition) is 1. The van der Waals surface area contributed by atoms with E-state index in [0.717, 1.165) is 25.9 Å². The van der Waals surface area contributed by atoms with E-state index >= 15 is 0 Å². The average Bonchev–Trinajstić information content (AvgIpc) is 2.70. The van der Waals surface area contributed by atoms with Crippen molar-refractivity contribution in [3.8, 4) is 0 Å². The van der Waals surface area contributed by atoms with Crippen LogP contribution in [0, 0.1) is 0 Å². The number of nitrogens with zero attached hydrogens (tertiary/aromatic N) is 1. The van der Waals surface area contributed by atoms with Crippen LogP contribution >= 0.6 is 0 Å². The maximum absolute atomic E-state index is 9.47. The molecule has 0 aromatic heterocycles. The van der Waals surface area contributed by atoms with E-state index in [-0.39, 0.29) is 5.54 Å². The molecule has 14 heavy (non-hydrogen) atoms. The van der Waals surface area contributed by atoms with Crippen molar-refractivity contribution in [3.63, 3.8) is 0 Å². The molecule has 0 saturated carbocycles. The van der Waals surface area contributed by atoms with E-state index in [4.69, 9.17) is 4.74 Å². The minimum Gasteiger partial charge on any atom is -0.394 e. The fraction of sp³-hybridized carbons (Fsp3) is 0.818. The van der Waals surface area contributed by atoms with Crippen LogP contribution in [0.4, 0.5) is 0 Å². The summed E-state index contributed by atoms with van der Waals surface area (Å²) >= 11 is 0. The zero-order valence-electron chi connectivity index (χ0n) is 8.83. The van der Waals surface area contributed by atoms with Crippen LogP contribution in [0.2, 0.25) is 0 Å². The number of aliphatic hydroxyl groups is 1. The van der Waals surface area contributed by atoms with E-state index in [1.54, 1.807) is 7.11 Å². The molecule has 0 radical (unpaired) electrons. The normalized spacial score (nSPS) is 35.4. The first kappa shape index (κ1) is 10.1. The fourth-order valence-corrected chi connectivity index (χ4v) is 2.74. The van der Waals surface area contributed by atoms with Crippen LogP contribution < -0.4 is 0 Å². The molecule has 2 saturated heterocycles. The summed E-state index contributed by atoms with van der Waals surface area (Å²) in [5.41, 5.74) is 1.51. The molecular weight excluding hydrogens is 178 g/mol.